The molecule has 0 bridgehead atoms. The highest BCUT2D eigenvalue weighted by atomic mass is 16.5. The van der Waals surface area contributed by atoms with E-state index in [4.69, 9.17) is 14.5 Å². The zero-order valence-electron chi connectivity index (χ0n) is 28.2. The molecule has 1 unspecified atom stereocenters. The van der Waals surface area contributed by atoms with Gasteiger partial charge in [-0.3, -0.25) is 14.7 Å². The third-order valence-electron chi connectivity index (χ3n) is 8.61. The smallest absolute Gasteiger partial charge is 0.213 e. The lowest BCUT2D eigenvalue weighted by molar-refractivity contribution is 0.101. The van der Waals surface area contributed by atoms with Crippen molar-refractivity contribution < 1.29 is 19.4 Å². The van der Waals surface area contributed by atoms with E-state index in [1.54, 1.807) is 19.4 Å². The average Bonchev–Trinajstić information content (AvgIpc) is 3.07. The normalized spacial score (nSPS) is 15.0. The first-order valence-electron chi connectivity index (χ1n) is 16.5. The van der Waals surface area contributed by atoms with Gasteiger partial charge in [-0.2, -0.15) is 0 Å². The number of nitrogens with zero attached hydrogens (tertiary/aromatic N) is 4. The van der Waals surface area contributed by atoms with Crippen molar-refractivity contribution in [2.45, 2.75) is 78.4 Å². The van der Waals surface area contributed by atoms with Gasteiger partial charge in [0.25, 0.3) is 0 Å². The van der Waals surface area contributed by atoms with E-state index in [1.807, 2.05) is 24.3 Å². The predicted molar refractivity (Wildman–Crippen MR) is 185 cm³/mol. The summed E-state index contributed by atoms with van der Waals surface area (Å²) in [6, 6.07) is 15.8. The molecule has 0 saturated carbocycles. The largest absolute Gasteiger partial charge is 0.497 e. The first kappa shape index (κ1) is 34.9. The molecule has 1 aliphatic heterocycles. The minimum atomic E-state index is -0.430. The zero-order chi connectivity index (χ0) is 33.1. The second-order valence-corrected chi connectivity index (χ2v) is 12.1. The molecule has 0 amide bonds. The van der Waals surface area contributed by atoms with E-state index in [0.717, 1.165) is 79.9 Å². The third kappa shape index (κ3) is 9.50. The Morgan fingerprint density at radius 2 is 1.91 bits per heavy atom. The van der Waals surface area contributed by atoms with Gasteiger partial charge in [0.15, 0.2) is 5.78 Å². The number of likely N-dealkylation sites (tertiary alicyclic amines) is 1. The van der Waals surface area contributed by atoms with Gasteiger partial charge < -0.3 is 19.5 Å². The van der Waals surface area contributed by atoms with Gasteiger partial charge in [-0.1, -0.05) is 51.1 Å². The van der Waals surface area contributed by atoms with Gasteiger partial charge in [0.1, 0.15) is 12.4 Å². The van der Waals surface area contributed by atoms with Crippen molar-refractivity contribution in [1.29, 1.82) is 0 Å². The van der Waals surface area contributed by atoms with Crippen LogP contribution in [0.2, 0.25) is 0 Å². The highest BCUT2D eigenvalue weighted by Crippen LogP contribution is 2.32. The molecule has 0 spiro atoms. The number of carbonyl (C=O) groups is 1. The third-order valence-corrected chi connectivity index (χ3v) is 8.61. The van der Waals surface area contributed by atoms with Gasteiger partial charge in [-0.05, 0) is 82.4 Å². The molecule has 0 radical (unpaired) electrons. The van der Waals surface area contributed by atoms with E-state index in [1.165, 1.54) is 12.6 Å². The Kier molecular flexibility index (Phi) is 12.9. The highest BCUT2D eigenvalue weighted by molar-refractivity contribution is 5.93. The number of hydrogen-bond acceptors (Lipinski definition) is 8. The van der Waals surface area contributed by atoms with Crippen LogP contribution in [0.5, 0.6) is 5.88 Å². The van der Waals surface area contributed by atoms with Crippen molar-refractivity contribution in [3.05, 3.63) is 101 Å². The number of rotatable bonds is 16. The minimum absolute atomic E-state index is 0.00413. The number of aryl methyl sites for hydroxylation is 1. The van der Waals surface area contributed by atoms with Crippen LogP contribution >= 0.6 is 0 Å². The summed E-state index contributed by atoms with van der Waals surface area (Å²) < 4.78 is 11.4. The van der Waals surface area contributed by atoms with E-state index in [2.05, 4.69) is 66.4 Å². The summed E-state index contributed by atoms with van der Waals surface area (Å²) in [5.41, 5.74) is 6.76. The summed E-state index contributed by atoms with van der Waals surface area (Å²) in [7, 11) is 1.64. The average molecular weight is 627 g/mol. The van der Waals surface area contributed by atoms with Gasteiger partial charge in [-0.15, -0.1) is 0 Å². The van der Waals surface area contributed by atoms with E-state index in [0.29, 0.717) is 36.3 Å². The number of piperidine rings is 1. The maximum Gasteiger partial charge on any atom is 0.213 e. The molecule has 4 rings (SSSR count). The summed E-state index contributed by atoms with van der Waals surface area (Å²) in [5.74, 6) is 1.56. The van der Waals surface area contributed by atoms with Crippen LogP contribution in [0, 0.1) is 6.92 Å². The van der Waals surface area contributed by atoms with Crippen molar-refractivity contribution in [1.82, 2.24) is 14.9 Å². The second-order valence-electron chi connectivity index (χ2n) is 12.1. The Hall–Kier alpha value is -4.01. The second kappa shape index (κ2) is 17.1. The number of benzene rings is 1. The monoisotopic (exact) mass is 626 g/mol. The van der Waals surface area contributed by atoms with Gasteiger partial charge >= 0.3 is 0 Å². The quantitative estimate of drug-likeness (QED) is 0.131. The Morgan fingerprint density at radius 3 is 2.57 bits per heavy atom. The maximum atomic E-state index is 11.5. The number of aliphatic hydroxyl groups is 1. The van der Waals surface area contributed by atoms with Crippen molar-refractivity contribution in [3.63, 3.8) is 0 Å². The lowest BCUT2D eigenvalue weighted by Gasteiger charge is -2.37. The first-order chi connectivity index (χ1) is 22.2. The molecule has 1 atom stereocenters. The Bertz CT molecular complexity index is 1480. The molecule has 1 N–H and O–H groups in total. The fraction of sp³-hybridized carbons (Fsp3) is 0.447. The molecule has 2 aromatic heterocycles. The number of ketones is 1. The van der Waals surface area contributed by atoms with E-state index in [9.17, 15) is 9.90 Å². The molecule has 46 heavy (non-hydrogen) atoms. The van der Waals surface area contributed by atoms with Crippen molar-refractivity contribution in [2.75, 3.05) is 38.2 Å². The molecular weight excluding hydrogens is 576 g/mol. The van der Waals surface area contributed by atoms with E-state index < -0.39 is 6.10 Å². The number of methoxy groups -OCH3 is 1. The standard InChI is InChI=1S/C38H50N4O4/c1-7-10-34(42(25-35(44)11-8-2)37-22-31(29(5)45-6)15-14-27(37)3)24-41-20-18-30(19-21-41)36-12-9-13-38(40-36)46-26-33-17-16-32(23-39-33)28(4)43/h9-10,12-17,22-23,30,35,44H,5,7-8,11,18-21,24-26H2,1-4,6H3/b34-10+. The van der Waals surface area contributed by atoms with Gasteiger partial charge in [0, 0.05) is 59.5 Å². The number of allylic oxidation sites excluding steroid dienone is 1. The lowest BCUT2D eigenvalue weighted by atomic mass is 9.93. The van der Waals surface area contributed by atoms with Gasteiger partial charge in [-0.25, -0.2) is 4.98 Å². The Labute approximate surface area is 274 Å². The first-order valence-corrected chi connectivity index (χ1v) is 16.5. The molecule has 246 valence electrons. The summed E-state index contributed by atoms with van der Waals surface area (Å²) in [4.78, 5) is 25.5. The molecule has 0 aliphatic carbocycles. The number of aliphatic hydroxyl groups excluding tert-OH is 1. The van der Waals surface area contributed by atoms with Crippen LogP contribution in [0.15, 0.2) is 73.1 Å². The molecule has 8 heteroatoms. The van der Waals surface area contributed by atoms with Crippen molar-refractivity contribution in [3.8, 4) is 5.88 Å². The topological polar surface area (TPSA) is 88.0 Å². The molecule has 3 aromatic rings. The van der Waals surface area contributed by atoms with Crippen LogP contribution in [-0.4, -0.2) is 65.2 Å². The van der Waals surface area contributed by atoms with E-state index in [-0.39, 0.29) is 5.78 Å². The van der Waals surface area contributed by atoms with E-state index >= 15 is 0 Å². The van der Waals surface area contributed by atoms with Crippen LogP contribution < -0.4 is 9.64 Å². The summed E-state index contributed by atoms with van der Waals surface area (Å²) in [6.45, 7) is 15.5. The predicted octanol–water partition coefficient (Wildman–Crippen LogP) is 7.32. The number of hydrogen-bond donors (Lipinski definition) is 1. The fourth-order valence-corrected chi connectivity index (χ4v) is 5.91. The molecule has 1 fully saturated rings. The number of Topliss-reactive ketones (excluding diaryl/α,β-unsaturated/α-hetero) is 1. The number of pyridine rings is 2. The van der Waals surface area contributed by atoms with Crippen LogP contribution in [0.1, 0.15) is 91.7 Å². The fourth-order valence-electron chi connectivity index (χ4n) is 5.91. The molecule has 1 aromatic carbocycles. The molecule has 3 heterocycles. The van der Waals surface area contributed by atoms with Crippen LogP contribution in [0.4, 0.5) is 5.69 Å². The maximum absolute atomic E-state index is 11.5. The lowest BCUT2D eigenvalue weighted by Crippen LogP contribution is -2.40. The Balaban J connectivity index is 1.43. The molecule has 8 nitrogen and oxygen atoms in total. The number of anilines is 1. The summed E-state index contributed by atoms with van der Waals surface area (Å²) >= 11 is 0. The molecule has 1 aliphatic rings. The Morgan fingerprint density at radius 1 is 1.15 bits per heavy atom. The number of aromatic nitrogens is 2. The minimum Gasteiger partial charge on any atom is -0.497 e. The number of ether oxygens (including phenoxy) is 2. The number of carbonyl (C=O) groups excluding carboxylic acids is 1. The summed E-state index contributed by atoms with van der Waals surface area (Å²) in [5, 5.41) is 11.0. The molecular formula is C38H50N4O4. The van der Waals surface area contributed by atoms with Crippen molar-refractivity contribution in [2.24, 2.45) is 0 Å². The molecule has 1 saturated heterocycles. The SMILES string of the molecule is C=C(OC)c1ccc(C)c(N(CC(O)CCC)/C(=C/CC)CN2CCC(c3cccc(OCc4ccc(C(C)=O)cn4)n3)CC2)c1. The zero-order valence-corrected chi connectivity index (χ0v) is 28.2. The highest BCUT2D eigenvalue weighted by Gasteiger charge is 2.25. The van der Waals surface area contributed by atoms with Gasteiger partial charge in [0.2, 0.25) is 5.88 Å². The van der Waals surface area contributed by atoms with Gasteiger partial charge in [0.05, 0.1) is 18.9 Å². The van der Waals surface area contributed by atoms with Crippen LogP contribution in [-0.2, 0) is 11.3 Å². The summed E-state index contributed by atoms with van der Waals surface area (Å²) in [6.07, 6.45) is 8.05. The van der Waals surface area contributed by atoms with Crippen LogP contribution in [0.25, 0.3) is 5.76 Å². The van der Waals surface area contributed by atoms with Crippen molar-refractivity contribution >= 4 is 17.2 Å². The van der Waals surface area contributed by atoms with Crippen LogP contribution in [0.3, 0.4) is 0 Å².